The number of pyridine rings is 1. The molecular formula is C20H29N5O2. The first-order chi connectivity index (χ1) is 12.9. The van der Waals surface area contributed by atoms with Crippen molar-refractivity contribution in [1.29, 1.82) is 0 Å². The minimum absolute atomic E-state index is 0.137. The van der Waals surface area contributed by atoms with Gasteiger partial charge in [-0.05, 0) is 31.8 Å². The molecule has 0 aliphatic heterocycles. The van der Waals surface area contributed by atoms with Crippen LogP contribution in [0.4, 0.5) is 16.3 Å². The van der Waals surface area contributed by atoms with E-state index in [0.29, 0.717) is 18.8 Å². The number of aliphatic hydroxyl groups excluding tert-OH is 1. The van der Waals surface area contributed by atoms with Crippen molar-refractivity contribution in [2.24, 2.45) is 5.92 Å². The molecule has 2 atom stereocenters. The van der Waals surface area contributed by atoms with Gasteiger partial charge in [-0.15, -0.1) is 0 Å². The zero-order valence-corrected chi connectivity index (χ0v) is 16.4. The van der Waals surface area contributed by atoms with E-state index in [9.17, 15) is 9.90 Å². The Morgan fingerprint density at radius 3 is 2.37 bits per heavy atom. The monoisotopic (exact) mass is 371 g/mol. The molecule has 1 heterocycles. The molecule has 7 heteroatoms. The SMILES string of the molecule is CN(C)C[C@H](CNC(=O)Nc1ccc(N(C)C)nc1)[C@H](O)c1ccccc1. The van der Waals surface area contributed by atoms with Gasteiger partial charge in [-0.2, -0.15) is 0 Å². The number of hydrogen-bond acceptors (Lipinski definition) is 5. The Hall–Kier alpha value is -2.64. The van der Waals surface area contributed by atoms with Gasteiger partial charge < -0.3 is 25.5 Å². The van der Waals surface area contributed by atoms with Crippen LogP contribution in [0.1, 0.15) is 11.7 Å². The number of anilines is 2. The van der Waals surface area contributed by atoms with Crippen LogP contribution in [-0.4, -0.2) is 62.3 Å². The number of nitrogens with one attached hydrogen (secondary N) is 2. The summed E-state index contributed by atoms with van der Waals surface area (Å²) in [4.78, 5) is 20.4. The number of nitrogens with zero attached hydrogens (tertiary/aromatic N) is 3. The van der Waals surface area contributed by atoms with Crippen molar-refractivity contribution in [3.8, 4) is 0 Å². The normalized spacial score (nSPS) is 13.1. The average Bonchev–Trinajstić information content (AvgIpc) is 2.65. The van der Waals surface area contributed by atoms with Crippen LogP contribution in [0.15, 0.2) is 48.7 Å². The smallest absolute Gasteiger partial charge is 0.319 e. The molecule has 0 aliphatic rings. The van der Waals surface area contributed by atoms with E-state index in [1.54, 1.807) is 12.3 Å². The third-order valence-electron chi connectivity index (χ3n) is 4.18. The number of aromatic nitrogens is 1. The van der Waals surface area contributed by atoms with E-state index in [1.165, 1.54) is 0 Å². The molecule has 2 aromatic rings. The van der Waals surface area contributed by atoms with Crippen LogP contribution in [0.3, 0.4) is 0 Å². The number of hydrogen-bond donors (Lipinski definition) is 3. The summed E-state index contributed by atoms with van der Waals surface area (Å²) in [5.41, 5.74) is 1.46. The van der Waals surface area contributed by atoms with E-state index in [-0.39, 0.29) is 11.9 Å². The highest BCUT2D eigenvalue weighted by Crippen LogP contribution is 2.22. The summed E-state index contributed by atoms with van der Waals surface area (Å²) in [6.07, 6.45) is 0.959. The Balaban J connectivity index is 1.94. The third-order valence-corrected chi connectivity index (χ3v) is 4.18. The molecule has 0 radical (unpaired) electrons. The second-order valence-electron chi connectivity index (χ2n) is 7.01. The van der Waals surface area contributed by atoms with Crippen LogP contribution in [0.25, 0.3) is 0 Å². The number of carbonyl (C=O) groups is 1. The maximum absolute atomic E-state index is 12.2. The molecular weight excluding hydrogens is 342 g/mol. The van der Waals surface area contributed by atoms with Gasteiger partial charge in [0.25, 0.3) is 0 Å². The van der Waals surface area contributed by atoms with Gasteiger partial charge in [0.1, 0.15) is 5.82 Å². The fraction of sp³-hybridized carbons (Fsp3) is 0.400. The summed E-state index contributed by atoms with van der Waals surface area (Å²) in [5.74, 6) is 0.681. The van der Waals surface area contributed by atoms with Gasteiger partial charge in [0, 0.05) is 33.1 Å². The summed E-state index contributed by atoms with van der Waals surface area (Å²) >= 11 is 0. The highest BCUT2D eigenvalue weighted by molar-refractivity contribution is 5.89. The van der Waals surface area contributed by atoms with Gasteiger partial charge in [-0.25, -0.2) is 9.78 Å². The molecule has 2 amide bonds. The second-order valence-corrected chi connectivity index (χ2v) is 7.01. The van der Waals surface area contributed by atoms with Crippen molar-refractivity contribution >= 4 is 17.5 Å². The average molecular weight is 371 g/mol. The van der Waals surface area contributed by atoms with Gasteiger partial charge in [0.05, 0.1) is 18.0 Å². The van der Waals surface area contributed by atoms with E-state index in [4.69, 9.17) is 0 Å². The first kappa shape index (κ1) is 20.7. The molecule has 3 N–H and O–H groups in total. The zero-order chi connectivity index (χ0) is 19.8. The van der Waals surface area contributed by atoms with E-state index >= 15 is 0 Å². The largest absolute Gasteiger partial charge is 0.388 e. The van der Waals surface area contributed by atoms with Crippen molar-refractivity contribution in [1.82, 2.24) is 15.2 Å². The zero-order valence-electron chi connectivity index (χ0n) is 16.4. The first-order valence-corrected chi connectivity index (χ1v) is 8.92. The summed E-state index contributed by atoms with van der Waals surface area (Å²) < 4.78 is 0. The molecule has 1 aromatic carbocycles. The summed E-state index contributed by atoms with van der Waals surface area (Å²) in [6.45, 7) is 0.999. The fourth-order valence-corrected chi connectivity index (χ4v) is 2.79. The standard InChI is InChI=1S/C20H29N5O2/c1-24(2)14-16(19(26)15-8-6-5-7-9-15)12-22-20(27)23-17-10-11-18(21-13-17)25(3)4/h5-11,13,16,19,26H,12,14H2,1-4H3,(H2,22,23,27)/t16-,19+/m0/s1. The molecule has 0 fully saturated rings. The van der Waals surface area contributed by atoms with E-state index < -0.39 is 6.10 Å². The molecule has 146 valence electrons. The predicted octanol–water partition coefficient (Wildman–Crippen LogP) is 2.18. The molecule has 0 spiro atoms. The molecule has 7 nitrogen and oxygen atoms in total. The van der Waals surface area contributed by atoms with Gasteiger partial charge in [-0.1, -0.05) is 30.3 Å². The van der Waals surface area contributed by atoms with Crippen molar-refractivity contribution < 1.29 is 9.90 Å². The van der Waals surface area contributed by atoms with Crippen LogP contribution in [0, 0.1) is 5.92 Å². The highest BCUT2D eigenvalue weighted by atomic mass is 16.3. The van der Waals surface area contributed by atoms with Gasteiger partial charge >= 0.3 is 6.03 Å². The third kappa shape index (κ3) is 6.54. The van der Waals surface area contributed by atoms with Crippen LogP contribution >= 0.6 is 0 Å². The molecule has 0 bridgehead atoms. The number of rotatable bonds is 8. The Morgan fingerprint density at radius 2 is 1.81 bits per heavy atom. The second kappa shape index (κ2) is 9.89. The fourth-order valence-electron chi connectivity index (χ4n) is 2.79. The predicted molar refractivity (Wildman–Crippen MR) is 109 cm³/mol. The van der Waals surface area contributed by atoms with Gasteiger partial charge in [0.2, 0.25) is 0 Å². The lowest BCUT2D eigenvalue weighted by Crippen LogP contribution is -2.39. The van der Waals surface area contributed by atoms with Crippen LogP contribution in [-0.2, 0) is 0 Å². The van der Waals surface area contributed by atoms with E-state index in [0.717, 1.165) is 11.4 Å². The van der Waals surface area contributed by atoms with Crippen molar-refractivity contribution in [2.75, 3.05) is 51.5 Å². The lowest BCUT2D eigenvalue weighted by atomic mass is 9.95. The quantitative estimate of drug-likeness (QED) is 0.663. The van der Waals surface area contributed by atoms with Crippen LogP contribution in [0.5, 0.6) is 0 Å². The molecule has 1 aromatic heterocycles. The van der Waals surface area contributed by atoms with Crippen molar-refractivity contribution in [2.45, 2.75) is 6.10 Å². The Morgan fingerprint density at radius 1 is 1.11 bits per heavy atom. The summed E-state index contributed by atoms with van der Waals surface area (Å²) in [6, 6.07) is 12.8. The highest BCUT2D eigenvalue weighted by Gasteiger charge is 2.22. The minimum atomic E-state index is -0.657. The molecule has 0 saturated carbocycles. The number of aliphatic hydroxyl groups is 1. The van der Waals surface area contributed by atoms with Gasteiger partial charge in [-0.3, -0.25) is 0 Å². The maximum atomic E-state index is 12.2. The van der Waals surface area contributed by atoms with Crippen LogP contribution in [0.2, 0.25) is 0 Å². The lowest BCUT2D eigenvalue weighted by Gasteiger charge is -2.26. The number of amides is 2. The van der Waals surface area contributed by atoms with Crippen molar-refractivity contribution in [3.63, 3.8) is 0 Å². The number of urea groups is 1. The minimum Gasteiger partial charge on any atom is -0.388 e. The van der Waals surface area contributed by atoms with E-state index in [1.807, 2.05) is 74.4 Å². The number of benzene rings is 1. The molecule has 0 unspecified atom stereocenters. The van der Waals surface area contributed by atoms with Gasteiger partial charge in [0.15, 0.2) is 0 Å². The lowest BCUT2D eigenvalue weighted by molar-refractivity contribution is 0.0911. The maximum Gasteiger partial charge on any atom is 0.319 e. The Bertz CT molecular complexity index is 704. The van der Waals surface area contributed by atoms with E-state index in [2.05, 4.69) is 15.6 Å². The molecule has 0 aliphatic carbocycles. The Labute approximate surface area is 161 Å². The van der Waals surface area contributed by atoms with Crippen molar-refractivity contribution in [3.05, 3.63) is 54.2 Å². The molecule has 2 rings (SSSR count). The molecule has 0 saturated heterocycles. The van der Waals surface area contributed by atoms with Crippen LogP contribution < -0.4 is 15.5 Å². The molecule has 27 heavy (non-hydrogen) atoms. The first-order valence-electron chi connectivity index (χ1n) is 8.92. The summed E-state index contributed by atoms with van der Waals surface area (Å²) in [7, 11) is 7.71. The Kier molecular flexibility index (Phi) is 7.57. The number of carbonyl (C=O) groups excluding carboxylic acids is 1. The summed E-state index contributed by atoms with van der Waals surface area (Å²) in [5, 5.41) is 16.3. The topological polar surface area (TPSA) is 80.7 Å².